The van der Waals surface area contributed by atoms with Crippen LogP contribution >= 0.6 is 11.3 Å². The van der Waals surface area contributed by atoms with Crippen LogP contribution in [0.1, 0.15) is 0 Å². The molecule has 1 rings (SSSR count). The number of thiophene rings is 1. The molecule has 0 amide bonds. The Bertz CT molecular complexity index is 260. The summed E-state index contributed by atoms with van der Waals surface area (Å²) >= 11 is -0.933. The van der Waals surface area contributed by atoms with Gasteiger partial charge in [-0.25, -0.2) is 0 Å². The molecule has 0 radical (unpaired) electrons. The van der Waals surface area contributed by atoms with E-state index in [1.807, 2.05) is 0 Å². The van der Waals surface area contributed by atoms with E-state index in [9.17, 15) is 0 Å². The van der Waals surface area contributed by atoms with Gasteiger partial charge in [-0.3, -0.25) is 0 Å². The molecule has 0 spiro atoms. The van der Waals surface area contributed by atoms with E-state index in [1.165, 1.54) is 0 Å². The van der Waals surface area contributed by atoms with Crippen molar-refractivity contribution < 1.29 is 0 Å². The van der Waals surface area contributed by atoms with Gasteiger partial charge < -0.3 is 0 Å². The van der Waals surface area contributed by atoms with Crippen LogP contribution in [-0.4, -0.2) is 26.5 Å². The minimum absolute atomic E-state index is 1.52. The molecular formula is C10H20Ge2S. The zero-order chi connectivity index (χ0) is 10.3. The van der Waals surface area contributed by atoms with E-state index in [4.69, 9.17) is 0 Å². The van der Waals surface area contributed by atoms with Crippen LogP contribution in [0.3, 0.4) is 0 Å². The minimum atomic E-state index is -1.52. The topological polar surface area (TPSA) is 0 Å². The Morgan fingerprint density at radius 2 is 1.08 bits per heavy atom. The average Bonchev–Trinajstić information content (AvgIpc) is 2.28. The first-order valence-corrected chi connectivity index (χ1v) is 20.3. The summed E-state index contributed by atoms with van der Waals surface area (Å²) in [5.74, 6) is 14.9. The van der Waals surface area contributed by atoms with Crippen LogP contribution in [0.5, 0.6) is 0 Å². The Morgan fingerprint density at radius 3 is 1.23 bits per heavy atom. The second kappa shape index (κ2) is 3.74. The van der Waals surface area contributed by atoms with Gasteiger partial charge in [-0.05, 0) is 0 Å². The summed E-state index contributed by atoms with van der Waals surface area (Å²) in [5.41, 5.74) is 0. The van der Waals surface area contributed by atoms with Gasteiger partial charge in [-0.1, -0.05) is 0 Å². The Balaban J connectivity index is 3.01. The molecule has 0 atom stereocenters. The van der Waals surface area contributed by atoms with Gasteiger partial charge in [0.25, 0.3) is 0 Å². The number of rotatable bonds is 2. The fourth-order valence-electron chi connectivity index (χ4n) is 1.14. The van der Waals surface area contributed by atoms with Gasteiger partial charge in [0.05, 0.1) is 0 Å². The van der Waals surface area contributed by atoms with Crippen LogP contribution in [0, 0.1) is 0 Å². The Labute approximate surface area is 91.5 Å². The monoisotopic (exact) mass is 320 g/mol. The van der Waals surface area contributed by atoms with Crippen molar-refractivity contribution in [1.29, 1.82) is 0 Å². The maximum atomic E-state index is 2.48. The molecule has 74 valence electrons. The molecule has 0 aliphatic carbocycles. The fraction of sp³-hybridized carbons (Fsp3) is 0.600. The third-order valence-electron chi connectivity index (χ3n) is 2.08. The van der Waals surface area contributed by atoms with E-state index < -0.39 is 26.5 Å². The Morgan fingerprint density at radius 1 is 0.769 bits per heavy atom. The second-order valence-corrected chi connectivity index (χ2v) is 29.4. The molecule has 1 aromatic rings. The molecule has 0 aromatic carbocycles. The summed E-state index contributed by atoms with van der Waals surface area (Å²) in [7, 11) is 0. The third kappa shape index (κ3) is 3.13. The summed E-state index contributed by atoms with van der Waals surface area (Å²) in [4.78, 5) is 0. The van der Waals surface area contributed by atoms with Crippen LogP contribution < -0.4 is 7.42 Å². The van der Waals surface area contributed by atoms with Gasteiger partial charge in [0.15, 0.2) is 0 Å². The molecule has 1 aromatic heterocycles. The summed E-state index contributed by atoms with van der Waals surface area (Å²) in [6, 6.07) is 4.80. The van der Waals surface area contributed by atoms with Crippen LogP contribution in [0.2, 0.25) is 34.5 Å². The molecule has 0 aliphatic heterocycles. The van der Waals surface area contributed by atoms with E-state index in [0.717, 1.165) is 0 Å². The van der Waals surface area contributed by atoms with Crippen molar-refractivity contribution in [1.82, 2.24) is 0 Å². The molecular weight excluding hydrogens is 297 g/mol. The van der Waals surface area contributed by atoms with Crippen molar-refractivity contribution in [2.45, 2.75) is 34.5 Å². The quantitative estimate of drug-likeness (QED) is 0.736. The van der Waals surface area contributed by atoms with E-state index >= 15 is 0 Å². The van der Waals surface area contributed by atoms with Gasteiger partial charge in [0, 0.05) is 0 Å². The van der Waals surface area contributed by atoms with E-state index in [0.29, 0.717) is 0 Å². The van der Waals surface area contributed by atoms with Gasteiger partial charge in [0.2, 0.25) is 0 Å². The molecule has 0 bridgehead atoms. The van der Waals surface area contributed by atoms with Gasteiger partial charge in [-0.15, -0.1) is 0 Å². The summed E-state index contributed by atoms with van der Waals surface area (Å²) in [6.45, 7) is 0. The predicted molar refractivity (Wildman–Crippen MR) is 70.3 cm³/mol. The molecule has 0 saturated carbocycles. The normalized spacial score (nSPS) is 13.4. The first-order valence-electron chi connectivity index (χ1n) is 4.82. The van der Waals surface area contributed by atoms with Crippen molar-refractivity contribution in [3.63, 3.8) is 0 Å². The zero-order valence-electron chi connectivity index (χ0n) is 9.56. The molecule has 0 unspecified atom stereocenters. The summed E-state index contributed by atoms with van der Waals surface area (Å²) in [6.07, 6.45) is 0. The summed E-state index contributed by atoms with van der Waals surface area (Å²) in [5, 5.41) is 0. The van der Waals surface area contributed by atoms with Gasteiger partial charge in [0.1, 0.15) is 0 Å². The molecule has 13 heavy (non-hydrogen) atoms. The Hall–Kier alpha value is 0.786. The standard InChI is InChI=1S/C10H20Ge2S/c1-11(2,3)9-7-8-10(13-9)12(4,5)6/h7-8H,1-6H3. The summed E-state index contributed by atoms with van der Waals surface area (Å²) < 4.78 is 3.44. The van der Waals surface area contributed by atoms with Crippen molar-refractivity contribution in [2.24, 2.45) is 0 Å². The van der Waals surface area contributed by atoms with Crippen molar-refractivity contribution in [3.8, 4) is 0 Å². The number of hydrogen-bond donors (Lipinski definition) is 0. The molecule has 0 nitrogen and oxygen atoms in total. The van der Waals surface area contributed by atoms with Gasteiger partial charge >= 0.3 is 92.0 Å². The first kappa shape index (κ1) is 11.9. The third-order valence-corrected chi connectivity index (χ3v) is 17.3. The average molecular weight is 318 g/mol. The first-order chi connectivity index (χ1) is 5.71. The SMILES string of the molecule is [CH3][Ge]([CH3])([CH3])[c]1cc[c]([Ge]([CH3])([CH3])[CH3])s1. The molecule has 0 aliphatic rings. The van der Waals surface area contributed by atoms with Crippen LogP contribution in [0.4, 0.5) is 0 Å². The fourth-order valence-corrected chi connectivity index (χ4v) is 11.3. The molecule has 0 N–H and O–H groups in total. The van der Waals surface area contributed by atoms with E-state index in [-0.39, 0.29) is 0 Å². The van der Waals surface area contributed by atoms with E-state index in [2.05, 4.69) is 58.0 Å². The van der Waals surface area contributed by atoms with Gasteiger partial charge in [-0.2, -0.15) is 0 Å². The molecule has 0 fully saturated rings. The van der Waals surface area contributed by atoms with Crippen molar-refractivity contribution in [2.75, 3.05) is 0 Å². The van der Waals surface area contributed by atoms with Crippen molar-refractivity contribution in [3.05, 3.63) is 12.1 Å². The predicted octanol–water partition coefficient (Wildman–Crippen LogP) is 2.84. The van der Waals surface area contributed by atoms with Crippen LogP contribution in [-0.2, 0) is 0 Å². The maximum absolute atomic E-state index is 2.48. The van der Waals surface area contributed by atoms with Crippen LogP contribution in [0.25, 0.3) is 0 Å². The Kier molecular flexibility index (Phi) is 3.41. The van der Waals surface area contributed by atoms with E-state index in [1.54, 1.807) is 7.42 Å². The zero-order valence-corrected chi connectivity index (χ0v) is 14.6. The molecule has 0 saturated heterocycles. The molecule has 3 heteroatoms. The van der Waals surface area contributed by atoms with Crippen LogP contribution in [0.15, 0.2) is 12.1 Å². The second-order valence-electron chi connectivity index (χ2n) is 5.66. The van der Waals surface area contributed by atoms with Crippen molar-refractivity contribution >= 4 is 45.3 Å². The molecule has 1 heterocycles. The number of hydrogen-bond acceptors (Lipinski definition) is 1.